The Morgan fingerprint density at radius 1 is 1.07 bits per heavy atom. The van der Waals surface area contributed by atoms with E-state index in [0.717, 1.165) is 39.9 Å². The largest absolute Gasteiger partial charge is 0.335 e. The van der Waals surface area contributed by atoms with E-state index in [4.69, 9.17) is 4.99 Å². The highest BCUT2D eigenvalue weighted by Gasteiger charge is 2.21. The first-order valence-electron chi connectivity index (χ1n) is 9.24. The molecular weight excluding hydrogens is 406 g/mol. The number of carbonyl (C=O) groups is 1. The smallest absolute Gasteiger partial charge is 0.255 e. The van der Waals surface area contributed by atoms with E-state index in [1.54, 1.807) is 42.4 Å². The lowest BCUT2D eigenvalue weighted by molar-refractivity contribution is 0.102. The van der Waals surface area contributed by atoms with Gasteiger partial charge >= 0.3 is 0 Å². The van der Waals surface area contributed by atoms with Crippen molar-refractivity contribution >= 4 is 34.2 Å². The number of hydrogen-bond acceptors (Lipinski definition) is 5. The van der Waals surface area contributed by atoms with Crippen LogP contribution in [0.2, 0.25) is 0 Å². The third-order valence-electron chi connectivity index (χ3n) is 4.66. The Morgan fingerprint density at radius 2 is 1.87 bits per heavy atom. The molecular formula is C22H18F2N4OS. The number of halogens is 2. The Hall–Kier alpha value is -3.26. The average Bonchev–Trinajstić information content (AvgIpc) is 3.21. The van der Waals surface area contributed by atoms with Crippen molar-refractivity contribution in [1.29, 1.82) is 0 Å². The normalized spacial score (nSPS) is 15.6. The summed E-state index contributed by atoms with van der Waals surface area (Å²) in [5, 5.41) is 6.52. The van der Waals surface area contributed by atoms with E-state index in [9.17, 15) is 13.6 Å². The number of aryl methyl sites for hydroxylation is 1. The van der Waals surface area contributed by atoms with Crippen molar-refractivity contribution in [3.63, 3.8) is 0 Å². The predicted molar refractivity (Wildman–Crippen MR) is 116 cm³/mol. The maximum absolute atomic E-state index is 13.8. The first kappa shape index (κ1) is 20.0. The van der Waals surface area contributed by atoms with Crippen LogP contribution in [0.1, 0.15) is 27.5 Å². The predicted octanol–water partition coefficient (Wildman–Crippen LogP) is 5.18. The number of nitrogens with zero attached hydrogens (tertiary/aromatic N) is 2. The number of benzene rings is 2. The minimum Gasteiger partial charge on any atom is -0.335 e. The Balaban J connectivity index is 1.50. The van der Waals surface area contributed by atoms with Crippen LogP contribution in [0.5, 0.6) is 0 Å². The van der Waals surface area contributed by atoms with Crippen LogP contribution >= 0.6 is 11.8 Å². The summed E-state index contributed by atoms with van der Waals surface area (Å²) in [6.07, 6.45) is 3.49. The van der Waals surface area contributed by atoms with Gasteiger partial charge in [0.1, 0.15) is 11.6 Å². The highest BCUT2D eigenvalue weighted by Crippen LogP contribution is 2.31. The standard InChI is InChI=1S/C22H18F2N4OS/c1-13-2-3-15(21(29)26-18-5-4-16(23)11-17(18)24)10-19(13)27-22-28-20(12-30-22)14-6-8-25-9-7-14/h2-11,20H,12H2,1H3,(H,26,29)(H,27,28). The van der Waals surface area contributed by atoms with Crippen molar-refractivity contribution in [1.82, 2.24) is 4.98 Å². The van der Waals surface area contributed by atoms with E-state index < -0.39 is 17.5 Å². The Morgan fingerprint density at radius 3 is 2.63 bits per heavy atom. The molecule has 0 spiro atoms. The fraction of sp³-hybridized carbons (Fsp3) is 0.136. The Labute approximate surface area is 176 Å². The number of amides is 1. The van der Waals surface area contributed by atoms with Crippen LogP contribution in [-0.4, -0.2) is 21.8 Å². The summed E-state index contributed by atoms with van der Waals surface area (Å²) >= 11 is 1.60. The summed E-state index contributed by atoms with van der Waals surface area (Å²) in [5.74, 6) is -1.20. The van der Waals surface area contributed by atoms with Crippen LogP contribution in [0.25, 0.3) is 0 Å². The number of carbonyl (C=O) groups excluding carboxylic acids is 1. The quantitative estimate of drug-likeness (QED) is 0.606. The fourth-order valence-corrected chi connectivity index (χ4v) is 3.96. The molecule has 1 unspecified atom stereocenters. The third kappa shape index (κ3) is 4.49. The van der Waals surface area contributed by atoms with Gasteiger partial charge in [0, 0.05) is 35.5 Å². The minimum atomic E-state index is -0.826. The molecule has 30 heavy (non-hydrogen) atoms. The van der Waals surface area contributed by atoms with Crippen LogP contribution in [0, 0.1) is 18.6 Å². The molecule has 0 bridgehead atoms. The molecule has 0 fully saturated rings. The maximum atomic E-state index is 13.8. The SMILES string of the molecule is Cc1ccc(C(=O)Nc2ccc(F)cc2F)cc1NC1=NC(c2ccncc2)CS1. The van der Waals surface area contributed by atoms with E-state index in [1.165, 1.54) is 6.07 Å². The number of amidine groups is 1. The van der Waals surface area contributed by atoms with E-state index >= 15 is 0 Å². The van der Waals surface area contributed by atoms with Gasteiger partial charge in [-0.25, -0.2) is 8.78 Å². The highest BCUT2D eigenvalue weighted by molar-refractivity contribution is 8.14. The van der Waals surface area contributed by atoms with Gasteiger partial charge in [0.05, 0.1) is 11.7 Å². The number of anilines is 2. The summed E-state index contributed by atoms with van der Waals surface area (Å²) in [5.41, 5.74) is 3.05. The highest BCUT2D eigenvalue weighted by atomic mass is 32.2. The molecule has 0 saturated carbocycles. The first-order chi connectivity index (χ1) is 14.5. The van der Waals surface area contributed by atoms with Crippen LogP contribution < -0.4 is 10.6 Å². The monoisotopic (exact) mass is 424 g/mol. The number of pyridine rings is 1. The molecule has 1 amide bonds. The summed E-state index contributed by atoms with van der Waals surface area (Å²) in [7, 11) is 0. The molecule has 2 heterocycles. The first-order valence-corrected chi connectivity index (χ1v) is 10.2. The lowest BCUT2D eigenvalue weighted by Crippen LogP contribution is -2.14. The van der Waals surface area contributed by atoms with Gasteiger partial charge < -0.3 is 10.6 Å². The zero-order chi connectivity index (χ0) is 21.1. The van der Waals surface area contributed by atoms with Gasteiger partial charge in [-0.2, -0.15) is 0 Å². The summed E-state index contributed by atoms with van der Waals surface area (Å²) in [6.45, 7) is 1.92. The number of hydrogen-bond donors (Lipinski definition) is 2. The third-order valence-corrected chi connectivity index (χ3v) is 5.63. The van der Waals surface area contributed by atoms with Crippen LogP contribution in [-0.2, 0) is 0 Å². The second kappa shape index (κ2) is 8.62. The lowest BCUT2D eigenvalue weighted by atomic mass is 10.1. The molecule has 1 aromatic heterocycles. The van der Waals surface area contributed by atoms with Crippen LogP contribution in [0.15, 0.2) is 65.9 Å². The second-order valence-electron chi connectivity index (χ2n) is 6.77. The van der Waals surface area contributed by atoms with E-state index in [1.807, 2.05) is 19.1 Å². The fourth-order valence-electron chi connectivity index (χ4n) is 3.00. The van der Waals surface area contributed by atoms with E-state index in [-0.39, 0.29) is 11.7 Å². The molecule has 0 radical (unpaired) electrons. The van der Waals surface area contributed by atoms with Gasteiger partial charge in [0.25, 0.3) is 5.91 Å². The summed E-state index contributed by atoms with van der Waals surface area (Å²) < 4.78 is 26.9. The van der Waals surface area contributed by atoms with Gasteiger partial charge in [-0.15, -0.1) is 0 Å². The van der Waals surface area contributed by atoms with Gasteiger partial charge in [0.15, 0.2) is 5.17 Å². The van der Waals surface area contributed by atoms with Crippen molar-refractivity contribution in [3.05, 3.63) is 89.2 Å². The second-order valence-corrected chi connectivity index (χ2v) is 7.78. The molecule has 152 valence electrons. The van der Waals surface area contributed by atoms with Crippen molar-refractivity contribution < 1.29 is 13.6 Å². The summed E-state index contributed by atoms with van der Waals surface area (Å²) in [6, 6.07) is 12.1. The van der Waals surface area contributed by atoms with Crippen molar-refractivity contribution in [3.8, 4) is 0 Å². The van der Waals surface area contributed by atoms with E-state index in [0.29, 0.717) is 5.56 Å². The van der Waals surface area contributed by atoms with Gasteiger partial charge in [-0.3, -0.25) is 14.8 Å². The number of aromatic nitrogens is 1. The molecule has 2 N–H and O–H groups in total. The van der Waals surface area contributed by atoms with Crippen molar-refractivity contribution in [2.75, 3.05) is 16.4 Å². The number of rotatable bonds is 4. The average molecular weight is 424 g/mol. The van der Waals surface area contributed by atoms with Crippen molar-refractivity contribution in [2.45, 2.75) is 13.0 Å². The molecule has 1 aliphatic heterocycles. The topological polar surface area (TPSA) is 66.4 Å². The zero-order valence-corrected chi connectivity index (χ0v) is 16.8. The molecule has 4 rings (SSSR count). The Bertz CT molecular complexity index is 1120. The summed E-state index contributed by atoms with van der Waals surface area (Å²) in [4.78, 5) is 21.3. The minimum absolute atomic E-state index is 0.0498. The molecule has 1 atom stereocenters. The molecule has 0 saturated heterocycles. The maximum Gasteiger partial charge on any atom is 0.255 e. The van der Waals surface area contributed by atoms with Crippen molar-refractivity contribution in [2.24, 2.45) is 4.99 Å². The molecule has 8 heteroatoms. The zero-order valence-electron chi connectivity index (χ0n) is 16.0. The lowest BCUT2D eigenvalue weighted by Gasteiger charge is -2.12. The van der Waals surface area contributed by atoms with Gasteiger partial charge in [-0.1, -0.05) is 17.8 Å². The molecule has 2 aromatic carbocycles. The van der Waals surface area contributed by atoms with Crippen LogP contribution in [0.4, 0.5) is 20.2 Å². The number of aliphatic imine (C=N–C) groups is 1. The van der Waals surface area contributed by atoms with E-state index in [2.05, 4.69) is 15.6 Å². The van der Waals surface area contributed by atoms with Gasteiger partial charge in [0.2, 0.25) is 0 Å². The molecule has 3 aromatic rings. The number of thioether (sulfide) groups is 1. The van der Waals surface area contributed by atoms with Gasteiger partial charge in [-0.05, 0) is 54.4 Å². The number of nitrogens with one attached hydrogen (secondary N) is 2. The molecule has 1 aliphatic rings. The Kier molecular flexibility index (Phi) is 5.76. The molecule has 5 nitrogen and oxygen atoms in total. The molecule has 0 aliphatic carbocycles. The van der Waals surface area contributed by atoms with Crippen LogP contribution in [0.3, 0.4) is 0 Å².